The molecule has 0 aliphatic carbocycles. The van der Waals surface area contributed by atoms with Crippen molar-refractivity contribution >= 4 is 21.6 Å². The van der Waals surface area contributed by atoms with Gasteiger partial charge in [0, 0.05) is 26.1 Å². The van der Waals surface area contributed by atoms with Gasteiger partial charge in [-0.25, -0.2) is 8.42 Å². The largest absolute Gasteiger partial charge is 0.342 e. The number of nitrogens with zero attached hydrogens (tertiary/aromatic N) is 2. The number of rotatable bonds is 6. The smallest absolute Gasteiger partial charge is 0.232 e. The lowest BCUT2D eigenvalue weighted by Gasteiger charge is -2.31. The highest BCUT2D eigenvalue weighted by Crippen LogP contribution is 2.22. The molecular weight excluding hydrogens is 336 g/mol. The number of sulfonamides is 1. The van der Waals surface area contributed by atoms with Crippen LogP contribution in [0.1, 0.15) is 43.7 Å². The Morgan fingerprint density at radius 1 is 1.24 bits per heavy atom. The number of aryl methyl sites for hydroxylation is 2. The van der Waals surface area contributed by atoms with Gasteiger partial charge in [-0.2, -0.15) is 0 Å². The molecule has 1 fully saturated rings. The predicted octanol–water partition coefficient (Wildman–Crippen LogP) is 3.11. The third-order valence-electron chi connectivity index (χ3n) is 4.66. The van der Waals surface area contributed by atoms with Crippen molar-refractivity contribution in [2.45, 2.75) is 46.5 Å². The van der Waals surface area contributed by atoms with Crippen LogP contribution in [-0.4, -0.2) is 45.1 Å². The molecule has 1 aliphatic heterocycles. The molecule has 140 valence electrons. The van der Waals surface area contributed by atoms with Crippen LogP contribution in [0.25, 0.3) is 0 Å². The Hall–Kier alpha value is -1.56. The molecule has 1 saturated heterocycles. The molecule has 5 nitrogen and oxygen atoms in total. The molecule has 6 heteroatoms. The fraction of sp³-hybridized carbons (Fsp3) is 0.632. The van der Waals surface area contributed by atoms with Gasteiger partial charge in [-0.1, -0.05) is 13.0 Å². The molecule has 1 atom stereocenters. The normalized spacial score (nSPS) is 18.2. The molecule has 0 radical (unpaired) electrons. The van der Waals surface area contributed by atoms with Crippen LogP contribution in [-0.2, 0) is 14.8 Å². The Morgan fingerprint density at radius 2 is 1.88 bits per heavy atom. The number of piperidine rings is 1. The molecule has 1 aromatic rings. The van der Waals surface area contributed by atoms with E-state index in [9.17, 15) is 13.2 Å². The number of amides is 1. The van der Waals surface area contributed by atoms with E-state index in [1.54, 1.807) is 0 Å². The number of benzene rings is 1. The van der Waals surface area contributed by atoms with Crippen molar-refractivity contribution in [3.05, 3.63) is 29.3 Å². The quantitative estimate of drug-likeness (QED) is 0.777. The highest BCUT2D eigenvalue weighted by atomic mass is 32.2. The monoisotopic (exact) mass is 366 g/mol. The van der Waals surface area contributed by atoms with Gasteiger partial charge in [-0.15, -0.1) is 0 Å². The minimum absolute atomic E-state index is 0.139. The lowest BCUT2D eigenvalue weighted by Crippen LogP contribution is -2.39. The third kappa shape index (κ3) is 5.73. The molecule has 1 heterocycles. The summed E-state index contributed by atoms with van der Waals surface area (Å²) in [5.41, 5.74) is 2.74. The molecule has 1 amide bonds. The van der Waals surface area contributed by atoms with E-state index in [4.69, 9.17) is 0 Å². The van der Waals surface area contributed by atoms with Crippen LogP contribution in [0.2, 0.25) is 0 Å². The van der Waals surface area contributed by atoms with Gasteiger partial charge in [-0.05, 0) is 62.3 Å². The van der Waals surface area contributed by atoms with Gasteiger partial charge in [0.2, 0.25) is 15.9 Å². The summed E-state index contributed by atoms with van der Waals surface area (Å²) in [4.78, 5) is 14.3. The number of anilines is 1. The first-order valence-corrected chi connectivity index (χ1v) is 10.9. The summed E-state index contributed by atoms with van der Waals surface area (Å²) < 4.78 is 25.8. The molecule has 1 aromatic carbocycles. The lowest BCUT2D eigenvalue weighted by atomic mass is 10.00. The summed E-state index contributed by atoms with van der Waals surface area (Å²) in [7, 11) is -3.37. The summed E-state index contributed by atoms with van der Waals surface area (Å²) in [5.74, 6) is 0.695. The van der Waals surface area contributed by atoms with E-state index in [1.165, 1.54) is 17.0 Å². The van der Waals surface area contributed by atoms with Crippen molar-refractivity contribution in [3.63, 3.8) is 0 Å². The third-order valence-corrected chi connectivity index (χ3v) is 5.85. The molecule has 25 heavy (non-hydrogen) atoms. The van der Waals surface area contributed by atoms with E-state index in [1.807, 2.05) is 36.9 Å². The van der Waals surface area contributed by atoms with E-state index in [0.717, 1.165) is 30.6 Å². The Bertz CT molecular complexity index is 695. The maximum absolute atomic E-state index is 12.4. The first kappa shape index (κ1) is 19.8. The summed E-state index contributed by atoms with van der Waals surface area (Å²) in [6.45, 7) is 8.07. The molecule has 0 saturated carbocycles. The maximum atomic E-state index is 12.4. The van der Waals surface area contributed by atoms with Crippen molar-refractivity contribution < 1.29 is 13.2 Å². The molecule has 0 spiro atoms. The fourth-order valence-corrected chi connectivity index (χ4v) is 4.48. The predicted molar refractivity (Wildman–Crippen MR) is 102 cm³/mol. The van der Waals surface area contributed by atoms with Crippen LogP contribution in [0.15, 0.2) is 18.2 Å². The first-order chi connectivity index (χ1) is 11.7. The zero-order chi connectivity index (χ0) is 18.6. The Labute approximate surface area is 152 Å². The molecule has 0 N–H and O–H groups in total. The van der Waals surface area contributed by atoms with E-state index in [-0.39, 0.29) is 5.91 Å². The minimum atomic E-state index is -3.37. The van der Waals surface area contributed by atoms with Gasteiger partial charge in [0.15, 0.2) is 0 Å². The van der Waals surface area contributed by atoms with Gasteiger partial charge in [0.1, 0.15) is 0 Å². The second kappa shape index (κ2) is 8.21. The number of likely N-dealkylation sites (tertiary alicyclic amines) is 1. The second-order valence-corrected chi connectivity index (χ2v) is 9.28. The minimum Gasteiger partial charge on any atom is -0.342 e. The maximum Gasteiger partial charge on any atom is 0.232 e. The summed E-state index contributed by atoms with van der Waals surface area (Å²) in [6, 6.07) is 5.77. The molecule has 1 unspecified atom stereocenters. The highest BCUT2D eigenvalue weighted by Gasteiger charge is 2.22. The topological polar surface area (TPSA) is 57.7 Å². The molecule has 0 bridgehead atoms. The van der Waals surface area contributed by atoms with Gasteiger partial charge in [0.05, 0.1) is 11.9 Å². The van der Waals surface area contributed by atoms with Crippen molar-refractivity contribution in [1.82, 2.24) is 4.90 Å². The van der Waals surface area contributed by atoms with E-state index in [0.29, 0.717) is 31.0 Å². The Kier molecular flexibility index (Phi) is 6.49. The molecule has 2 rings (SSSR count). The number of hydrogen-bond donors (Lipinski definition) is 0. The Morgan fingerprint density at radius 3 is 2.44 bits per heavy atom. The summed E-state index contributed by atoms with van der Waals surface area (Å²) in [6.07, 6.45) is 4.38. The highest BCUT2D eigenvalue weighted by molar-refractivity contribution is 7.92. The summed E-state index contributed by atoms with van der Waals surface area (Å²) >= 11 is 0. The molecule has 0 aromatic heterocycles. The van der Waals surface area contributed by atoms with Gasteiger partial charge >= 0.3 is 0 Å². The fourth-order valence-electron chi connectivity index (χ4n) is 3.53. The van der Waals surface area contributed by atoms with Crippen LogP contribution in [0.5, 0.6) is 0 Å². The van der Waals surface area contributed by atoms with Crippen LogP contribution in [0.4, 0.5) is 5.69 Å². The average Bonchev–Trinajstić information content (AvgIpc) is 2.49. The standard InChI is InChI=1S/C19H30N2O3S/c1-15-7-5-9-20(14-15)19(22)8-6-10-21(25(4,23)24)18-12-16(2)11-17(3)13-18/h11-13,15H,5-10,14H2,1-4H3. The SMILES string of the molecule is Cc1cc(C)cc(N(CCCC(=O)N2CCCC(C)C2)S(C)(=O)=O)c1. The van der Waals surface area contributed by atoms with Crippen LogP contribution >= 0.6 is 0 Å². The zero-order valence-corrected chi connectivity index (χ0v) is 16.6. The van der Waals surface area contributed by atoms with Gasteiger partial charge < -0.3 is 4.90 Å². The van der Waals surface area contributed by atoms with Crippen LogP contribution in [0, 0.1) is 19.8 Å². The van der Waals surface area contributed by atoms with Crippen molar-refractivity contribution in [2.75, 3.05) is 30.2 Å². The van der Waals surface area contributed by atoms with E-state index >= 15 is 0 Å². The van der Waals surface area contributed by atoms with Crippen LogP contribution in [0.3, 0.4) is 0 Å². The van der Waals surface area contributed by atoms with Crippen LogP contribution < -0.4 is 4.31 Å². The number of hydrogen-bond acceptors (Lipinski definition) is 3. The van der Waals surface area contributed by atoms with E-state index < -0.39 is 10.0 Å². The van der Waals surface area contributed by atoms with Crippen molar-refractivity contribution in [3.8, 4) is 0 Å². The number of carbonyl (C=O) groups excluding carboxylic acids is 1. The Balaban J connectivity index is 2.00. The zero-order valence-electron chi connectivity index (χ0n) is 15.8. The van der Waals surface area contributed by atoms with Gasteiger partial charge in [-0.3, -0.25) is 9.10 Å². The van der Waals surface area contributed by atoms with E-state index in [2.05, 4.69) is 6.92 Å². The molecular formula is C19H30N2O3S. The summed E-state index contributed by atoms with van der Waals surface area (Å²) in [5, 5.41) is 0. The molecule has 1 aliphatic rings. The van der Waals surface area contributed by atoms with Gasteiger partial charge in [0.25, 0.3) is 0 Å². The van der Waals surface area contributed by atoms with Crippen molar-refractivity contribution in [1.29, 1.82) is 0 Å². The first-order valence-electron chi connectivity index (χ1n) is 9.00. The lowest BCUT2D eigenvalue weighted by molar-refractivity contribution is -0.132. The van der Waals surface area contributed by atoms with Crippen molar-refractivity contribution in [2.24, 2.45) is 5.92 Å². The number of carbonyl (C=O) groups is 1. The second-order valence-electron chi connectivity index (χ2n) is 7.37. The average molecular weight is 367 g/mol.